The fourth-order valence-electron chi connectivity index (χ4n) is 1.35. The molecule has 0 spiro atoms. The van der Waals surface area contributed by atoms with E-state index in [0.717, 1.165) is 22.6 Å². The molecule has 2 heteroatoms. The summed E-state index contributed by atoms with van der Waals surface area (Å²) in [5, 5.41) is 0. The summed E-state index contributed by atoms with van der Waals surface area (Å²) in [5.74, 6) is 6.92. The third kappa shape index (κ3) is 3.09. The Morgan fingerprint density at radius 1 is 1.00 bits per heavy atom. The number of pyridine rings is 1. The Kier molecular flexibility index (Phi) is 3.42. The average Bonchev–Trinajstić information content (AvgIpc) is 2.39. The minimum atomic E-state index is 0.784. The predicted molar refractivity (Wildman–Crippen MR) is 67.9 cm³/mol. The molecule has 1 heterocycles. The molecular weight excluding hydrogens is 210 g/mol. The second-order valence-corrected chi connectivity index (χ2v) is 3.70. The highest BCUT2D eigenvalue weighted by Gasteiger charge is 1.91. The molecule has 17 heavy (non-hydrogen) atoms. The van der Waals surface area contributed by atoms with Gasteiger partial charge in [0.1, 0.15) is 11.4 Å². The first kappa shape index (κ1) is 11.2. The Bertz CT molecular complexity index is 544. The Balaban J connectivity index is 2.17. The number of rotatable bonds is 1. The Hall–Kier alpha value is -2.27. The Labute approximate surface area is 101 Å². The van der Waals surface area contributed by atoms with Crippen LogP contribution in [0.1, 0.15) is 16.8 Å². The van der Waals surface area contributed by atoms with E-state index < -0.39 is 0 Å². The lowest BCUT2D eigenvalue weighted by Gasteiger charge is -1.97. The van der Waals surface area contributed by atoms with Crippen molar-refractivity contribution in [2.24, 2.45) is 0 Å². The molecule has 84 valence electrons. The summed E-state index contributed by atoms with van der Waals surface area (Å²) in [5.41, 5.74) is 2.87. The quantitative estimate of drug-likeness (QED) is 0.693. The first-order chi connectivity index (χ1) is 8.28. The third-order valence-corrected chi connectivity index (χ3v) is 2.34. The molecule has 0 atom stereocenters. The lowest BCUT2D eigenvalue weighted by Crippen LogP contribution is -1.84. The van der Waals surface area contributed by atoms with Crippen molar-refractivity contribution < 1.29 is 4.74 Å². The summed E-state index contributed by atoms with van der Waals surface area (Å²) < 4.78 is 5.08. The largest absolute Gasteiger partial charge is 0.497 e. The van der Waals surface area contributed by atoms with Crippen LogP contribution >= 0.6 is 0 Å². The first-order valence-electron chi connectivity index (χ1n) is 5.36. The maximum absolute atomic E-state index is 5.08. The number of hydrogen-bond acceptors (Lipinski definition) is 2. The summed E-state index contributed by atoms with van der Waals surface area (Å²) in [6.07, 6.45) is 1.82. The van der Waals surface area contributed by atoms with E-state index in [0.29, 0.717) is 0 Å². The fraction of sp³-hybridized carbons (Fsp3) is 0.133. The average molecular weight is 223 g/mol. The van der Waals surface area contributed by atoms with E-state index in [1.807, 2.05) is 49.5 Å². The predicted octanol–water partition coefficient (Wildman–Crippen LogP) is 2.80. The van der Waals surface area contributed by atoms with Gasteiger partial charge in [-0.25, -0.2) is 4.98 Å². The number of aromatic nitrogens is 1. The van der Waals surface area contributed by atoms with Gasteiger partial charge in [0, 0.05) is 11.8 Å². The van der Waals surface area contributed by atoms with E-state index in [2.05, 4.69) is 16.8 Å². The fourth-order valence-corrected chi connectivity index (χ4v) is 1.35. The molecule has 2 aromatic rings. The van der Waals surface area contributed by atoms with Gasteiger partial charge in [0.2, 0.25) is 0 Å². The molecule has 2 nitrogen and oxygen atoms in total. The molecule has 0 radical (unpaired) electrons. The molecule has 1 aromatic carbocycles. The zero-order valence-electron chi connectivity index (χ0n) is 9.90. The maximum Gasteiger partial charge on any atom is 0.118 e. The van der Waals surface area contributed by atoms with Crippen LogP contribution < -0.4 is 4.74 Å². The highest BCUT2D eigenvalue weighted by molar-refractivity contribution is 5.42. The topological polar surface area (TPSA) is 22.1 Å². The molecule has 0 amide bonds. The van der Waals surface area contributed by atoms with Crippen molar-refractivity contribution in [2.75, 3.05) is 7.11 Å². The molecule has 0 saturated heterocycles. The molecule has 0 fully saturated rings. The minimum absolute atomic E-state index is 0.784. The van der Waals surface area contributed by atoms with Gasteiger partial charge in [-0.15, -0.1) is 0 Å². The summed E-state index contributed by atoms with van der Waals surface area (Å²) in [4.78, 5) is 4.23. The second-order valence-electron chi connectivity index (χ2n) is 3.70. The van der Waals surface area contributed by atoms with Gasteiger partial charge in [0.25, 0.3) is 0 Å². The Morgan fingerprint density at radius 3 is 2.35 bits per heavy atom. The van der Waals surface area contributed by atoms with Gasteiger partial charge in [0.05, 0.1) is 7.11 Å². The second kappa shape index (κ2) is 5.18. The van der Waals surface area contributed by atoms with Crippen molar-refractivity contribution in [3.8, 4) is 17.6 Å². The molecule has 0 aliphatic rings. The first-order valence-corrected chi connectivity index (χ1v) is 5.36. The van der Waals surface area contributed by atoms with Crippen LogP contribution in [0.4, 0.5) is 0 Å². The lowest BCUT2D eigenvalue weighted by atomic mass is 10.2. The van der Waals surface area contributed by atoms with E-state index >= 15 is 0 Å². The Morgan fingerprint density at radius 2 is 1.76 bits per heavy atom. The molecule has 0 aliphatic heterocycles. The summed E-state index contributed by atoms with van der Waals surface area (Å²) in [7, 11) is 1.65. The number of methoxy groups -OCH3 is 1. The smallest absolute Gasteiger partial charge is 0.118 e. The third-order valence-electron chi connectivity index (χ3n) is 2.34. The van der Waals surface area contributed by atoms with Crippen LogP contribution in [0.3, 0.4) is 0 Å². The number of hydrogen-bond donors (Lipinski definition) is 0. The van der Waals surface area contributed by atoms with Gasteiger partial charge in [-0.1, -0.05) is 12.0 Å². The zero-order chi connectivity index (χ0) is 12.1. The minimum Gasteiger partial charge on any atom is -0.497 e. The van der Waals surface area contributed by atoms with Crippen molar-refractivity contribution in [1.82, 2.24) is 4.98 Å². The monoisotopic (exact) mass is 223 g/mol. The van der Waals surface area contributed by atoms with Crippen LogP contribution in [0.15, 0.2) is 42.6 Å². The standard InChI is InChI=1S/C15H13NO/c1-12-3-7-14(16-11-12)8-4-13-5-9-15(17-2)10-6-13/h3,5-7,9-11H,1-2H3. The van der Waals surface area contributed by atoms with Crippen LogP contribution in [0.25, 0.3) is 0 Å². The van der Waals surface area contributed by atoms with E-state index in [9.17, 15) is 0 Å². The van der Waals surface area contributed by atoms with E-state index in [-0.39, 0.29) is 0 Å². The van der Waals surface area contributed by atoms with Gasteiger partial charge in [-0.2, -0.15) is 0 Å². The zero-order valence-corrected chi connectivity index (χ0v) is 9.90. The van der Waals surface area contributed by atoms with Gasteiger partial charge < -0.3 is 4.74 Å². The molecular formula is C15H13NO. The molecule has 0 bridgehead atoms. The highest BCUT2D eigenvalue weighted by Crippen LogP contribution is 2.10. The summed E-state index contributed by atoms with van der Waals surface area (Å²) in [6, 6.07) is 11.6. The van der Waals surface area contributed by atoms with E-state index in [4.69, 9.17) is 4.74 Å². The van der Waals surface area contributed by atoms with Crippen molar-refractivity contribution >= 4 is 0 Å². The van der Waals surface area contributed by atoms with Crippen LogP contribution in [0.5, 0.6) is 5.75 Å². The van der Waals surface area contributed by atoms with Gasteiger partial charge in [-0.3, -0.25) is 0 Å². The number of ether oxygens (including phenoxy) is 1. The lowest BCUT2D eigenvalue weighted by molar-refractivity contribution is 0.415. The molecule has 0 aliphatic carbocycles. The summed E-state index contributed by atoms with van der Waals surface area (Å²) >= 11 is 0. The number of nitrogens with zero attached hydrogens (tertiary/aromatic N) is 1. The highest BCUT2D eigenvalue weighted by atomic mass is 16.5. The van der Waals surface area contributed by atoms with Crippen LogP contribution in [-0.2, 0) is 0 Å². The SMILES string of the molecule is COc1ccc(C#Cc2ccc(C)cn2)cc1. The van der Waals surface area contributed by atoms with Crippen molar-refractivity contribution in [1.29, 1.82) is 0 Å². The molecule has 0 N–H and O–H groups in total. The molecule has 0 unspecified atom stereocenters. The van der Waals surface area contributed by atoms with Crippen LogP contribution in [0, 0.1) is 18.8 Å². The molecule has 0 saturated carbocycles. The van der Waals surface area contributed by atoms with Gasteiger partial charge >= 0.3 is 0 Å². The van der Waals surface area contributed by atoms with Crippen LogP contribution in [-0.4, -0.2) is 12.1 Å². The maximum atomic E-state index is 5.08. The number of benzene rings is 1. The van der Waals surface area contributed by atoms with Crippen molar-refractivity contribution in [2.45, 2.75) is 6.92 Å². The van der Waals surface area contributed by atoms with E-state index in [1.54, 1.807) is 7.11 Å². The normalized spacial score (nSPS) is 9.29. The van der Waals surface area contributed by atoms with Gasteiger partial charge in [0.15, 0.2) is 0 Å². The molecule has 2 rings (SSSR count). The van der Waals surface area contributed by atoms with Crippen LogP contribution in [0.2, 0.25) is 0 Å². The molecule has 1 aromatic heterocycles. The summed E-state index contributed by atoms with van der Waals surface area (Å²) in [6.45, 7) is 2.01. The van der Waals surface area contributed by atoms with Crippen molar-refractivity contribution in [3.05, 3.63) is 59.4 Å². The van der Waals surface area contributed by atoms with Gasteiger partial charge in [-0.05, 0) is 48.7 Å². The number of aryl methyl sites for hydroxylation is 1. The van der Waals surface area contributed by atoms with Crippen molar-refractivity contribution in [3.63, 3.8) is 0 Å². The van der Waals surface area contributed by atoms with E-state index in [1.165, 1.54) is 0 Å².